The lowest BCUT2D eigenvalue weighted by molar-refractivity contribution is 0.461. The SMILES string of the molecule is CC1=C(C)OP(Cl)O1. The van der Waals surface area contributed by atoms with Crippen LogP contribution in [-0.2, 0) is 9.05 Å². The zero-order valence-corrected chi connectivity index (χ0v) is 6.29. The zero-order valence-electron chi connectivity index (χ0n) is 4.64. The molecule has 0 unspecified atom stereocenters. The van der Waals surface area contributed by atoms with Crippen LogP contribution in [0.1, 0.15) is 13.8 Å². The molecule has 0 N–H and O–H groups in total. The van der Waals surface area contributed by atoms with Gasteiger partial charge in [0, 0.05) is 0 Å². The van der Waals surface area contributed by atoms with Gasteiger partial charge in [0.2, 0.25) is 0 Å². The summed E-state index contributed by atoms with van der Waals surface area (Å²) in [6, 6.07) is 0. The van der Waals surface area contributed by atoms with Gasteiger partial charge in [-0.05, 0) is 25.1 Å². The minimum Gasteiger partial charge on any atom is -0.429 e. The highest BCUT2D eigenvalue weighted by Crippen LogP contribution is 2.53. The van der Waals surface area contributed by atoms with Crippen LogP contribution in [0.15, 0.2) is 11.5 Å². The molecule has 1 aliphatic heterocycles. The minimum atomic E-state index is -1.15. The van der Waals surface area contributed by atoms with E-state index in [1.807, 2.05) is 13.8 Å². The molecule has 0 aromatic carbocycles. The van der Waals surface area contributed by atoms with E-state index in [4.69, 9.17) is 20.3 Å². The second-order valence-electron chi connectivity index (χ2n) is 1.51. The summed E-state index contributed by atoms with van der Waals surface area (Å²) in [6.07, 6.45) is 0. The highest BCUT2D eigenvalue weighted by atomic mass is 35.7. The normalized spacial score (nSPS) is 20.9. The standard InChI is InChI=1S/C4H6ClO2P/c1-3-4(2)7-8(5)6-3/h1-2H3. The summed E-state index contributed by atoms with van der Waals surface area (Å²) in [7, 11) is -1.15. The van der Waals surface area contributed by atoms with Crippen LogP contribution in [0.2, 0.25) is 0 Å². The summed E-state index contributed by atoms with van der Waals surface area (Å²) in [6.45, 7) is 3.67. The molecule has 0 fully saturated rings. The minimum absolute atomic E-state index is 0.797. The molecule has 0 bridgehead atoms. The molecule has 8 heavy (non-hydrogen) atoms. The van der Waals surface area contributed by atoms with E-state index in [1.165, 1.54) is 0 Å². The van der Waals surface area contributed by atoms with Crippen molar-refractivity contribution in [3.05, 3.63) is 11.5 Å². The molecule has 1 rings (SSSR count). The predicted octanol–water partition coefficient (Wildman–Crippen LogP) is 2.75. The Hall–Kier alpha value is 0.0600. The van der Waals surface area contributed by atoms with Gasteiger partial charge < -0.3 is 9.05 Å². The van der Waals surface area contributed by atoms with Crippen molar-refractivity contribution in [2.24, 2.45) is 0 Å². The lowest BCUT2D eigenvalue weighted by atomic mass is 10.5. The third-order valence-electron chi connectivity index (χ3n) is 0.913. The Kier molecular flexibility index (Phi) is 1.64. The van der Waals surface area contributed by atoms with E-state index in [2.05, 4.69) is 0 Å². The molecule has 0 aliphatic carbocycles. The fourth-order valence-electron chi connectivity index (χ4n) is 0.363. The van der Waals surface area contributed by atoms with Crippen molar-refractivity contribution < 1.29 is 9.05 Å². The van der Waals surface area contributed by atoms with Gasteiger partial charge in [0.1, 0.15) is 11.5 Å². The highest BCUT2D eigenvalue weighted by Gasteiger charge is 2.20. The first-order valence-electron chi connectivity index (χ1n) is 2.19. The molecule has 4 heteroatoms. The Bertz CT molecular complexity index is 120. The molecule has 0 atom stereocenters. The smallest absolute Gasteiger partial charge is 0.400 e. The van der Waals surface area contributed by atoms with Crippen LogP contribution in [0.3, 0.4) is 0 Å². The van der Waals surface area contributed by atoms with Crippen LogP contribution in [-0.4, -0.2) is 0 Å². The molecule has 0 spiro atoms. The van der Waals surface area contributed by atoms with Gasteiger partial charge >= 0.3 is 7.73 Å². The van der Waals surface area contributed by atoms with E-state index in [-0.39, 0.29) is 0 Å². The van der Waals surface area contributed by atoms with Gasteiger partial charge in [-0.2, -0.15) is 0 Å². The molecule has 0 aromatic heterocycles. The Labute approximate surface area is 54.1 Å². The van der Waals surface area contributed by atoms with Crippen molar-refractivity contribution in [1.82, 2.24) is 0 Å². The quantitative estimate of drug-likeness (QED) is 0.497. The fraction of sp³-hybridized carbons (Fsp3) is 0.500. The topological polar surface area (TPSA) is 18.5 Å². The van der Waals surface area contributed by atoms with Gasteiger partial charge in [-0.1, -0.05) is 0 Å². The van der Waals surface area contributed by atoms with Crippen molar-refractivity contribution >= 4 is 19.0 Å². The predicted molar refractivity (Wildman–Crippen MR) is 33.3 cm³/mol. The molecule has 2 nitrogen and oxygen atoms in total. The maximum Gasteiger partial charge on any atom is 0.400 e. The highest BCUT2D eigenvalue weighted by molar-refractivity contribution is 7.76. The molecule has 0 saturated heterocycles. The first kappa shape index (κ1) is 6.18. The Morgan fingerprint density at radius 3 is 1.75 bits per heavy atom. The molecular weight excluding hydrogens is 146 g/mol. The zero-order chi connectivity index (χ0) is 6.15. The van der Waals surface area contributed by atoms with Gasteiger partial charge in [-0.3, -0.25) is 0 Å². The second-order valence-corrected chi connectivity index (χ2v) is 3.13. The van der Waals surface area contributed by atoms with E-state index in [0.29, 0.717) is 0 Å². The van der Waals surface area contributed by atoms with E-state index < -0.39 is 7.73 Å². The number of hydrogen-bond acceptors (Lipinski definition) is 2. The first-order chi connectivity index (χ1) is 3.70. The van der Waals surface area contributed by atoms with E-state index >= 15 is 0 Å². The van der Waals surface area contributed by atoms with Crippen LogP contribution in [0, 0.1) is 0 Å². The first-order valence-corrected chi connectivity index (χ1v) is 4.27. The third kappa shape index (κ3) is 1.07. The van der Waals surface area contributed by atoms with Gasteiger partial charge in [0.25, 0.3) is 0 Å². The molecule has 46 valence electrons. The number of halogens is 1. The molecule has 0 radical (unpaired) electrons. The molecule has 1 heterocycles. The number of allylic oxidation sites excluding steroid dienone is 2. The molecular formula is C4H6ClO2P. The van der Waals surface area contributed by atoms with Crippen molar-refractivity contribution in [2.75, 3.05) is 0 Å². The summed E-state index contributed by atoms with van der Waals surface area (Å²) in [4.78, 5) is 0. The van der Waals surface area contributed by atoms with Crippen molar-refractivity contribution in [3.8, 4) is 0 Å². The third-order valence-corrected chi connectivity index (χ3v) is 2.16. The summed E-state index contributed by atoms with van der Waals surface area (Å²) in [5.41, 5.74) is 0. The second kappa shape index (κ2) is 2.12. The van der Waals surface area contributed by atoms with Crippen LogP contribution < -0.4 is 0 Å². The van der Waals surface area contributed by atoms with Gasteiger partial charge in [0.15, 0.2) is 0 Å². The summed E-state index contributed by atoms with van der Waals surface area (Å²) in [5.74, 6) is 1.59. The molecule has 1 aliphatic rings. The summed E-state index contributed by atoms with van der Waals surface area (Å²) in [5, 5.41) is 0. The van der Waals surface area contributed by atoms with E-state index in [1.54, 1.807) is 0 Å². The lowest BCUT2D eigenvalue weighted by Crippen LogP contribution is -1.70. The van der Waals surface area contributed by atoms with E-state index in [9.17, 15) is 0 Å². The van der Waals surface area contributed by atoms with Gasteiger partial charge in [0.05, 0.1) is 0 Å². The monoisotopic (exact) mass is 152 g/mol. The summed E-state index contributed by atoms with van der Waals surface area (Å²) < 4.78 is 9.92. The maximum absolute atomic E-state index is 5.48. The van der Waals surface area contributed by atoms with Crippen LogP contribution in [0.4, 0.5) is 0 Å². The Morgan fingerprint density at radius 1 is 1.25 bits per heavy atom. The Balaban J connectivity index is 2.60. The van der Waals surface area contributed by atoms with Crippen LogP contribution in [0.5, 0.6) is 0 Å². The molecule has 0 amide bonds. The van der Waals surface area contributed by atoms with Gasteiger partial charge in [-0.15, -0.1) is 0 Å². The van der Waals surface area contributed by atoms with E-state index in [0.717, 1.165) is 11.5 Å². The molecule has 0 aromatic rings. The maximum atomic E-state index is 5.48. The number of rotatable bonds is 0. The Morgan fingerprint density at radius 2 is 1.62 bits per heavy atom. The largest absolute Gasteiger partial charge is 0.429 e. The summed E-state index contributed by atoms with van der Waals surface area (Å²) >= 11 is 5.48. The lowest BCUT2D eigenvalue weighted by Gasteiger charge is -1.95. The average Bonchev–Trinajstić information content (AvgIpc) is 1.85. The van der Waals surface area contributed by atoms with Crippen LogP contribution >= 0.6 is 19.0 Å². The average molecular weight is 153 g/mol. The molecule has 0 saturated carbocycles. The van der Waals surface area contributed by atoms with Crippen molar-refractivity contribution in [3.63, 3.8) is 0 Å². The van der Waals surface area contributed by atoms with Crippen molar-refractivity contribution in [1.29, 1.82) is 0 Å². The van der Waals surface area contributed by atoms with Crippen LogP contribution in [0.25, 0.3) is 0 Å². The number of hydrogen-bond donors (Lipinski definition) is 0. The van der Waals surface area contributed by atoms with Crippen molar-refractivity contribution in [2.45, 2.75) is 13.8 Å². The fourth-order valence-corrected chi connectivity index (χ4v) is 1.71. The van der Waals surface area contributed by atoms with Gasteiger partial charge in [-0.25, -0.2) is 0 Å².